The highest BCUT2D eigenvalue weighted by molar-refractivity contribution is 6.13. The third-order valence-electron chi connectivity index (χ3n) is 16.0. The summed E-state index contributed by atoms with van der Waals surface area (Å²) in [4.78, 5) is 2.58. The number of anilines is 3. The van der Waals surface area contributed by atoms with Gasteiger partial charge in [0.1, 0.15) is 11.2 Å². The molecule has 6 aliphatic rings. The van der Waals surface area contributed by atoms with Crippen LogP contribution in [0.4, 0.5) is 17.1 Å². The second-order valence-corrected chi connectivity index (χ2v) is 18.3. The number of nitrogens with zero attached hydrogens (tertiary/aromatic N) is 1. The third kappa shape index (κ3) is 4.06. The number of furan rings is 1. The molecular formula is C53H47NO. The Hall–Kier alpha value is -5.08. The van der Waals surface area contributed by atoms with Crippen LogP contribution in [-0.4, -0.2) is 0 Å². The average molecular weight is 714 g/mol. The first-order valence-corrected chi connectivity index (χ1v) is 21.4. The summed E-state index contributed by atoms with van der Waals surface area (Å²) in [6.07, 6.45) is 14.9. The van der Waals surface area contributed by atoms with E-state index in [1.54, 1.807) is 11.1 Å². The smallest absolute Gasteiger partial charge is 0.137 e. The Morgan fingerprint density at radius 3 is 1.98 bits per heavy atom. The van der Waals surface area contributed by atoms with Crippen molar-refractivity contribution in [3.05, 3.63) is 150 Å². The first-order chi connectivity index (χ1) is 27.2. The van der Waals surface area contributed by atoms with Crippen molar-refractivity contribution >= 4 is 39.0 Å². The Labute approximate surface area is 324 Å². The Balaban J connectivity index is 1.06. The molecule has 0 aliphatic heterocycles. The third-order valence-corrected chi connectivity index (χ3v) is 16.0. The lowest BCUT2D eigenvalue weighted by Crippen LogP contribution is -2.46. The van der Waals surface area contributed by atoms with Crippen molar-refractivity contribution in [2.75, 3.05) is 4.90 Å². The fourth-order valence-corrected chi connectivity index (χ4v) is 14.0. The van der Waals surface area contributed by atoms with Gasteiger partial charge >= 0.3 is 0 Å². The summed E-state index contributed by atoms with van der Waals surface area (Å²) in [5.41, 5.74) is 17.9. The highest BCUT2D eigenvalue weighted by Gasteiger charge is 2.58. The van der Waals surface area contributed by atoms with Gasteiger partial charge in [-0.1, -0.05) is 111 Å². The van der Waals surface area contributed by atoms with Crippen molar-refractivity contribution in [1.82, 2.24) is 0 Å². The minimum absolute atomic E-state index is 0.0990. The molecule has 1 aromatic heterocycles. The number of hydrogen-bond acceptors (Lipinski definition) is 2. The molecule has 6 aromatic carbocycles. The van der Waals surface area contributed by atoms with Crippen LogP contribution in [0, 0.1) is 23.7 Å². The fourth-order valence-electron chi connectivity index (χ4n) is 14.0. The average Bonchev–Trinajstić information content (AvgIpc) is 3.94. The normalized spacial score (nSPS) is 26.3. The van der Waals surface area contributed by atoms with Crippen molar-refractivity contribution in [3.63, 3.8) is 0 Å². The summed E-state index contributed by atoms with van der Waals surface area (Å²) >= 11 is 0. The number of rotatable bonds is 3. The van der Waals surface area contributed by atoms with E-state index in [-0.39, 0.29) is 10.8 Å². The molecule has 0 radical (unpaired) electrons. The Morgan fingerprint density at radius 1 is 0.491 bits per heavy atom. The molecule has 7 aromatic rings. The Kier molecular flexibility index (Phi) is 6.37. The monoisotopic (exact) mass is 713 g/mol. The van der Waals surface area contributed by atoms with E-state index in [1.807, 2.05) is 0 Å². The van der Waals surface area contributed by atoms with Gasteiger partial charge in [-0.25, -0.2) is 0 Å². The van der Waals surface area contributed by atoms with E-state index in [2.05, 4.69) is 132 Å². The van der Waals surface area contributed by atoms with Crippen LogP contribution in [0.3, 0.4) is 0 Å². The van der Waals surface area contributed by atoms with Gasteiger partial charge in [0.05, 0.1) is 11.1 Å². The van der Waals surface area contributed by atoms with Crippen LogP contribution in [0.5, 0.6) is 0 Å². The zero-order valence-electron chi connectivity index (χ0n) is 31.6. The topological polar surface area (TPSA) is 16.4 Å². The van der Waals surface area contributed by atoms with E-state index in [1.165, 1.54) is 132 Å². The maximum absolute atomic E-state index is 6.55. The van der Waals surface area contributed by atoms with Gasteiger partial charge < -0.3 is 9.32 Å². The first kappa shape index (κ1) is 31.2. The maximum atomic E-state index is 6.55. The van der Waals surface area contributed by atoms with Gasteiger partial charge in [0, 0.05) is 27.6 Å². The standard InChI is InChI=1S/C53H47NO/c1-4-13-44-39(10-1)41-24-22-38(32-47(41)52(44)26-7-8-27-52)54(48-15-9-17-50-51(48)42-12-3-6-16-49(42)55-50)37-23-25-46-43(31-37)40-11-2-5-14-45(40)53(46)35-20-18-33-19-21-36(53)30-34(28-33)29-35/h1-6,9-17,22-25,31-36H,7-8,18-21,26-30H2. The molecule has 1 heterocycles. The van der Waals surface area contributed by atoms with E-state index in [4.69, 9.17) is 4.42 Å². The Bertz CT molecular complexity index is 2690. The molecule has 270 valence electrons. The van der Waals surface area contributed by atoms with Crippen LogP contribution in [0.1, 0.15) is 92.9 Å². The molecule has 4 saturated carbocycles. The number of benzene rings is 6. The lowest BCUT2D eigenvalue weighted by atomic mass is 9.52. The van der Waals surface area contributed by atoms with Crippen LogP contribution in [-0.2, 0) is 10.8 Å². The van der Waals surface area contributed by atoms with Crippen LogP contribution >= 0.6 is 0 Å². The summed E-state index contributed by atoms with van der Waals surface area (Å²) in [6.45, 7) is 0. The van der Waals surface area contributed by atoms with Crippen LogP contribution in [0.2, 0.25) is 0 Å². The molecule has 55 heavy (non-hydrogen) atoms. The van der Waals surface area contributed by atoms with E-state index < -0.39 is 0 Å². The molecule has 0 amide bonds. The first-order valence-electron chi connectivity index (χ1n) is 21.4. The quantitative estimate of drug-likeness (QED) is 0.181. The van der Waals surface area contributed by atoms with Crippen molar-refractivity contribution < 1.29 is 4.42 Å². The lowest BCUT2D eigenvalue weighted by Gasteiger charge is -2.51. The van der Waals surface area contributed by atoms with Crippen molar-refractivity contribution in [2.45, 2.75) is 81.5 Å². The van der Waals surface area contributed by atoms with E-state index in [0.29, 0.717) is 0 Å². The van der Waals surface area contributed by atoms with E-state index in [9.17, 15) is 0 Å². The van der Waals surface area contributed by atoms with Crippen LogP contribution in [0.25, 0.3) is 44.2 Å². The highest BCUT2D eigenvalue weighted by atomic mass is 16.3. The largest absolute Gasteiger partial charge is 0.456 e. The Morgan fingerprint density at radius 2 is 1.15 bits per heavy atom. The van der Waals surface area contributed by atoms with E-state index in [0.717, 1.165) is 34.8 Å². The number of hydrogen-bond donors (Lipinski definition) is 0. The fraction of sp³-hybridized carbons (Fsp3) is 0.321. The number of fused-ring (bicyclic) bond motifs is 18. The molecule has 2 unspecified atom stereocenters. The molecule has 2 spiro atoms. The summed E-state index contributed by atoms with van der Waals surface area (Å²) in [7, 11) is 0. The van der Waals surface area contributed by atoms with Gasteiger partial charge in [-0.15, -0.1) is 0 Å². The van der Waals surface area contributed by atoms with Gasteiger partial charge in [0.15, 0.2) is 0 Å². The lowest BCUT2D eigenvalue weighted by molar-refractivity contribution is 0.0973. The second kappa shape index (κ2) is 11.3. The van der Waals surface area contributed by atoms with Crippen LogP contribution < -0.4 is 4.90 Å². The minimum atomic E-state index is 0.0990. The van der Waals surface area contributed by atoms with E-state index >= 15 is 0 Å². The second-order valence-electron chi connectivity index (χ2n) is 18.3. The highest BCUT2D eigenvalue weighted by Crippen LogP contribution is 2.67. The molecular weight excluding hydrogens is 667 g/mol. The zero-order chi connectivity index (χ0) is 35.9. The van der Waals surface area contributed by atoms with Crippen molar-refractivity contribution in [1.29, 1.82) is 0 Å². The molecule has 13 rings (SSSR count). The van der Waals surface area contributed by atoms with Gasteiger partial charge in [-0.3, -0.25) is 0 Å². The molecule has 4 bridgehead atoms. The summed E-state index contributed by atoms with van der Waals surface area (Å²) in [5.74, 6) is 3.34. The zero-order valence-corrected chi connectivity index (χ0v) is 31.6. The summed E-state index contributed by atoms with van der Waals surface area (Å²) < 4.78 is 6.55. The van der Waals surface area contributed by atoms with Gasteiger partial charge in [-0.2, -0.15) is 0 Å². The van der Waals surface area contributed by atoms with Gasteiger partial charge in [0.25, 0.3) is 0 Å². The van der Waals surface area contributed by atoms with Crippen molar-refractivity contribution in [3.8, 4) is 22.3 Å². The molecule has 2 heteroatoms. The van der Waals surface area contributed by atoms with Gasteiger partial charge in [-0.05, 0) is 156 Å². The maximum Gasteiger partial charge on any atom is 0.137 e. The predicted molar refractivity (Wildman–Crippen MR) is 226 cm³/mol. The van der Waals surface area contributed by atoms with Crippen LogP contribution in [0.15, 0.2) is 132 Å². The number of para-hydroxylation sites is 1. The summed E-state index contributed by atoms with van der Waals surface area (Å²) in [5, 5.41) is 2.36. The summed E-state index contributed by atoms with van der Waals surface area (Å²) in [6, 6.07) is 49.2. The molecule has 0 N–H and O–H groups in total. The van der Waals surface area contributed by atoms with Crippen molar-refractivity contribution in [2.24, 2.45) is 23.7 Å². The van der Waals surface area contributed by atoms with Gasteiger partial charge in [0.2, 0.25) is 0 Å². The molecule has 6 aliphatic carbocycles. The molecule has 0 saturated heterocycles. The molecule has 2 atom stereocenters. The minimum Gasteiger partial charge on any atom is -0.456 e. The predicted octanol–water partition coefficient (Wildman–Crippen LogP) is 14.4. The molecule has 2 nitrogen and oxygen atoms in total. The SMILES string of the molecule is c1ccc2c(c1)-c1ccc(N(c3ccc4c(c3)-c3ccccc3C43C4CCC5CCC3CC(C5)C4)c3cccc4oc5ccccc5c34)cc1C21CCCC1. The molecule has 4 fully saturated rings.